The summed E-state index contributed by atoms with van der Waals surface area (Å²) in [5.41, 5.74) is 1.61. The standard InChI is InChI=1S/C23H21Cl2N3O3/c1-23(2,3)28-22(30)31-19-12-16(14-8-5-4-6-9-14)18(13-17(19)24)27-21(29)15-10-7-11-26-20(15)25/h4-13H,1-3H3,(H,27,29)(H,28,30). The molecular formula is C23H21Cl2N3O3. The van der Waals surface area contributed by atoms with Gasteiger partial charge in [-0.15, -0.1) is 0 Å². The minimum atomic E-state index is -0.632. The second-order valence-corrected chi connectivity index (χ2v) is 8.52. The molecule has 0 aliphatic carbocycles. The minimum Gasteiger partial charge on any atom is -0.409 e. The van der Waals surface area contributed by atoms with Gasteiger partial charge >= 0.3 is 6.09 Å². The van der Waals surface area contributed by atoms with E-state index >= 15 is 0 Å². The van der Waals surface area contributed by atoms with Crippen LogP contribution in [0.25, 0.3) is 11.1 Å². The molecule has 3 aromatic rings. The van der Waals surface area contributed by atoms with Gasteiger partial charge in [0.1, 0.15) is 5.15 Å². The molecule has 0 saturated heterocycles. The molecule has 0 bridgehead atoms. The van der Waals surface area contributed by atoms with Crippen molar-refractivity contribution in [2.24, 2.45) is 0 Å². The van der Waals surface area contributed by atoms with Gasteiger partial charge in [0.05, 0.1) is 16.3 Å². The van der Waals surface area contributed by atoms with E-state index in [9.17, 15) is 9.59 Å². The number of hydrogen-bond donors (Lipinski definition) is 2. The summed E-state index contributed by atoms with van der Waals surface area (Å²) in [6, 6.07) is 15.7. The maximum atomic E-state index is 12.8. The summed E-state index contributed by atoms with van der Waals surface area (Å²) in [5, 5.41) is 5.79. The Morgan fingerprint density at radius 1 is 1.00 bits per heavy atom. The van der Waals surface area contributed by atoms with Crippen molar-refractivity contribution in [2.45, 2.75) is 26.3 Å². The molecule has 1 heterocycles. The fourth-order valence-corrected chi connectivity index (χ4v) is 3.18. The summed E-state index contributed by atoms with van der Waals surface area (Å²) in [7, 11) is 0. The molecule has 0 atom stereocenters. The average Bonchev–Trinajstić information content (AvgIpc) is 2.69. The summed E-state index contributed by atoms with van der Waals surface area (Å²) in [4.78, 5) is 28.9. The smallest absolute Gasteiger partial charge is 0.409 e. The quantitative estimate of drug-likeness (QED) is 0.457. The Kier molecular flexibility index (Phi) is 6.83. The van der Waals surface area contributed by atoms with Gasteiger partial charge in [0, 0.05) is 17.3 Å². The summed E-state index contributed by atoms with van der Waals surface area (Å²) >= 11 is 12.4. The molecule has 2 amide bonds. The molecule has 8 heteroatoms. The van der Waals surface area contributed by atoms with Gasteiger partial charge in [-0.3, -0.25) is 4.79 Å². The maximum absolute atomic E-state index is 12.8. The second-order valence-electron chi connectivity index (χ2n) is 7.75. The summed E-state index contributed by atoms with van der Waals surface area (Å²) in [5.74, 6) is -0.273. The number of carbonyl (C=O) groups excluding carboxylic acids is 2. The van der Waals surface area contributed by atoms with Gasteiger partial charge in [0.15, 0.2) is 5.75 Å². The van der Waals surface area contributed by atoms with Gasteiger partial charge in [0.25, 0.3) is 5.91 Å². The first kappa shape index (κ1) is 22.6. The Labute approximate surface area is 190 Å². The molecule has 0 saturated carbocycles. The third kappa shape index (κ3) is 5.96. The zero-order chi connectivity index (χ0) is 22.6. The van der Waals surface area contributed by atoms with E-state index in [1.165, 1.54) is 12.3 Å². The van der Waals surface area contributed by atoms with E-state index in [-0.39, 0.29) is 21.5 Å². The number of nitrogens with zero attached hydrogens (tertiary/aromatic N) is 1. The number of nitrogens with one attached hydrogen (secondary N) is 2. The highest BCUT2D eigenvalue weighted by Crippen LogP contribution is 2.37. The van der Waals surface area contributed by atoms with Crippen LogP contribution in [0.15, 0.2) is 60.8 Å². The number of anilines is 1. The molecule has 2 N–H and O–H groups in total. The predicted molar refractivity (Wildman–Crippen MR) is 123 cm³/mol. The van der Waals surface area contributed by atoms with E-state index in [2.05, 4.69) is 15.6 Å². The van der Waals surface area contributed by atoms with Crippen LogP contribution in [-0.2, 0) is 0 Å². The van der Waals surface area contributed by atoms with Crippen molar-refractivity contribution in [1.82, 2.24) is 10.3 Å². The average molecular weight is 458 g/mol. The Balaban J connectivity index is 1.99. The fraction of sp³-hybridized carbons (Fsp3) is 0.174. The molecule has 160 valence electrons. The first-order chi connectivity index (χ1) is 14.6. The lowest BCUT2D eigenvalue weighted by molar-refractivity contribution is 0.102. The first-order valence-electron chi connectivity index (χ1n) is 9.45. The molecule has 0 aliphatic heterocycles. The molecule has 0 radical (unpaired) electrons. The highest BCUT2D eigenvalue weighted by molar-refractivity contribution is 6.34. The molecular weight excluding hydrogens is 437 g/mol. The predicted octanol–water partition coefficient (Wildman–Crippen LogP) is 6.19. The van der Waals surface area contributed by atoms with E-state index in [0.717, 1.165) is 5.56 Å². The first-order valence-corrected chi connectivity index (χ1v) is 10.2. The van der Waals surface area contributed by atoms with E-state index in [0.29, 0.717) is 11.3 Å². The van der Waals surface area contributed by atoms with Gasteiger partial charge in [-0.2, -0.15) is 0 Å². The lowest BCUT2D eigenvalue weighted by Gasteiger charge is -2.21. The molecule has 0 unspecified atom stereocenters. The summed E-state index contributed by atoms with van der Waals surface area (Å²) in [6.45, 7) is 5.52. The number of halogens is 2. The molecule has 0 fully saturated rings. The third-order valence-electron chi connectivity index (χ3n) is 4.09. The van der Waals surface area contributed by atoms with Crippen molar-refractivity contribution < 1.29 is 14.3 Å². The number of pyridine rings is 1. The Morgan fingerprint density at radius 3 is 2.35 bits per heavy atom. The second kappa shape index (κ2) is 9.37. The molecule has 0 spiro atoms. The van der Waals surface area contributed by atoms with Crippen molar-refractivity contribution in [3.05, 3.63) is 76.5 Å². The van der Waals surface area contributed by atoms with E-state index in [4.69, 9.17) is 27.9 Å². The molecule has 2 aromatic carbocycles. The van der Waals surface area contributed by atoms with Gasteiger partial charge in [-0.1, -0.05) is 53.5 Å². The maximum Gasteiger partial charge on any atom is 0.413 e. The topological polar surface area (TPSA) is 80.3 Å². The number of amides is 2. The zero-order valence-corrected chi connectivity index (χ0v) is 18.7. The summed E-state index contributed by atoms with van der Waals surface area (Å²) in [6.07, 6.45) is 0.868. The Morgan fingerprint density at radius 2 is 1.71 bits per heavy atom. The molecule has 0 aliphatic rings. The summed E-state index contributed by atoms with van der Waals surface area (Å²) < 4.78 is 5.42. The Hall–Kier alpha value is -3.09. The zero-order valence-electron chi connectivity index (χ0n) is 17.2. The van der Waals surface area contributed by atoms with Gasteiger partial charge in [-0.25, -0.2) is 9.78 Å². The van der Waals surface area contributed by atoms with Gasteiger partial charge in [0.2, 0.25) is 0 Å². The van der Waals surface area contributed by atoms with E-state index in [1.54, 1.807) is 18.2 Å². The van der Waals surface area contributed by atoms with Crippen LogP contribution in [0.4, 0.5) is 10.5 Å². The third-order valence-corrected chi connectivity index (χ3v) is 4.69. The van der Waals surface area contributed by atoms with Crippen LogP contribution in [0, 0.1) is 0 Å². The van der Waals surface area contributed by atoms with E-state index < -0.39 is 17.5 Å². The van der Waals surface area contributed by atoms with Gasteiger partial charge < -0.3 is 15.4 Å². The number of ether oxygens (including phenoxy) is 1. The number of carbonyl (C=O) groups is 2. The minimum absolute atomic E-state index is 0.0890. The Bertz CT molecular complexity index is 1110. The van der Waals surface area contributed by atoms with Crippen molar-refractivity contribution >= 4 is 40.9 Å². The van der Waals surface area contributed by atoms with Crippen molar-refractivity contribution in [3.8, 4) is 16.9 Å². The van der Waals surface area contributed by atoms with Crippen LogP contribution in [0.2, 0.25) is 10.2 Å². The van der Waals surface area contributed by atoms with Crippen molar-refractivity contribution in [1.29, 1.82) is 0 Å². The normalized spacial score (nSPS) is 11.0. The molecule has 1 aromatic heterocycles. The number of hydrogen-bond acceptors (Lipinski definition) is 4. The number of rotatable bonds is 4. The lowest BCUT2D eigenvalue weighted by Crippen LogP contribution is -2.42. The molecule has 31 heavy (non-hydrogen) atoms. The highest BCUT2D eigenvalue weighted by Gasteiger charge is 2.20. The van der Waals surface area contributed by atoms with Crippen molar-refractivity contribution in [2.75, 3.05) is 5.32 Å². The van der Waals surface area contributed by atoms with Crippen LogP contribution in [-0.4, -0.2) is 22.5 Å². The van der Waals surface area contributed by atoms with Crippen LogP contribution >= 0.6 is 23.2 Å². The fourth-order valence-electron chi connectivity index (χ4n) is 2.77. The monoisotopic (exact) mass is 457 g/mol. The highest BCUT2D eigenvalue weighted by atomic mass is 35.5. The van der Waals surface area contributed by atoms with Gasteiger partial charge in [-0.05, 0) is 50.6 Å². The SMILES string of the molecule is CC(C)(C)NC(=O)Oc1cc(-c2ccccc2)c(NC(=O)c2cccnc2Cl)cc1Cl. The molecule has 3 rings (SSSR count). The molecule has 6 nitrogen and oxygen atoms in total. The largest absolute Gasteiger partial charge is 0.413 e. The van der Waals surface area contributed by atoms with Crippen LogP contribution in [0.1, 0.15) is 31.1 Å². The lowest BCUT2D eigenvalue weighted by atomic mass is 10.0. The van der Waals surface area contributed by atoms with Crippen LogP contribution < -0.4 is 15.4 Å². The number of benzene rings is 2. The number of aromatic nitrogens is 1. The van der Waals surface area contributed by atoms with Crippen LogP contribution in [0.5, 0.6) is 5.75 Å². The van der Waals surface area contributed by atoms with E-state index in [1.807, 2.05) is 51.1 Å². The van der Waals surface area contributed by atoms with Crippen LogP contribution in [0.3, 0.4) is 0 Å². The van der Waals surface area contributed by atoms with Crippen molar-refractivity contribution in [3.63, 3.8) is 0 Å².